The van der Waals surface area contributed by atoms with Crippen LogP contribution in [0.1, 0.15) is 49.5 Å². The van der Waals surface area contributed by atoms with Crippen LogP contribution in [0.4, 0.5) is 11.6 Å². The van der Waals surface area contributed by atoms with Crippen LogP contribution in [0.25, 0.3) is 5.52 Å². The van der Waals surface area contributed by atoms with Crippen LogP contribution in [0.3, 0.4) is 0 Å². The van der Waals surface area contributed by atoms with E-state index in [1.165, 1.54) is 12.6 Å². The Morgan fingerprint density at radius 3 is 2.82 bits per heavy atom. The molecule has 3 heterocycles. The van der Waals surface area contributed by atoms with Crippen LogP contribution < -0.4 is 16.0 Å². The van der Waals surface area contributed by atoms with E-state index in [-0.39, 0.29) is 17.2 Å². The van der Waals surface area contributed by atoms with Crippen molar-refractivity contribution in [1.29, 1.82) is 0 Å². The summed E-state index contributed by atoms with van der Waals surface area (Å²) in [5.74, 6) is 0.497. The highest BCUT2D eigenvalue weighted by atomic mass is 16.5. The van der Waals surface area contributed by atoms with Gasteiger partial charge in [-0.2, -0.15) is 5.10 Å². The number of aromatic nitrogens is 4. The van der Waals surface area contributed by atoms with Gasteiger partial charge in [-0.1, -0.05) is 32.0 Å². The van der Waals surface area contributed by atoms with Gasteiger partial charge in [0, 0.05) is 35.5 Å². The molecule has 0 saturated carbocycles. The minimum Gasteiger partial charge on any atom is -0.363 e. The van der Waals surface area contributed by atoms with Gasteiger partial charge in [-0.3, -0.25) is 9.59 Å². The third-order valence-electron chi connectivity index (χ3n) is 5.66. The summed E-state index contributed by atoms with van der Waals surface area (Å²) in [6.45, 7) is 8.66. The van der Waals surface area contributed by atoms with Gasteiger partial charge < -0.3 is 20.5 Å². The van der Waals surface area contributed by atoms with E-state index in [4.69, 9.17) is 4.52 Å². The second-order valence-corrected chi connectivity index (χ2v) is 8.59. The largest absolute Gasteiger partial charge is 0.363 e. The lowest BCUT2D eigenvalue weighted by Crippen LogP contribution is -2.26. The quantitative estimate of drug-likeness (QED) is 0.504. The van der Waals surface area contributed by atoms with Crippen molar-refractivity contribution in [2.45, 2.75) is 40.5 Å². The molecule has 1 aliphatic rings. The molecule has 3 aromatic heterocycles. The van der Waals surface area contributed by atoms with Crippen LogP contribution in [0.2, 0.25) is 0 Å². The van der Waals surface area contributed by atoms with Gasteiger partial charge >= 0.3 is 0 Å². The molecule has 0 unspecified atom stereocenters. The molecular weight excluding hydrogens is 422 g/mol. The fourth-order valence-corrected chi connectivity index (χ4v) is 3.66. The maximum Gasteiger partial charge on any atom is 0.256 e. The molecule has 2 amide bonds. The molecule has 0 atom stereocenters. The van der Waals surface area contributed by atoms with Crippen molar-refractivity contribution in [3.63, 3.8) is 0 Å². The second-order valence-electron chi connectivity index (χ2n) is 8.59. The highest BCUT2D eigenvalue weighted by Gasteiger charge is 2.29. The molecule has 0 aliphatic heterocycles. The number of rotatable bonds is 7. The predicted octanol–water partition coefficient (Wildman–Crippen LogP) is 3.46. The minimum absolute atomic E-state index is 0.141. The van der Waals surface area contributed by atoms with Gasteiger partial charge in [0.25, 0.3) is 11.8 Å². The van der Waals surface area contributed by atoms with E-state index in [9.17, 15) is 9.59 Å². The Balaban J connectivity index is 1.65. The first-order valence-corrected chi connectivity index (χ1v) is 10.8. The number of amides is 2. The van der Waals surface area contributed by atoms with Gasteiger partial charge in [0.05, 0.1) is 5.56 Å². The third-order valence-corrected chi connectivity index (χ3v) is 5.66. The minimum atomic E-state index is -0.278. The number of hydrogen-bond donors (Lipinski definition) is 3. The summed E-state index contributed by atoms with van der Waals surface area (Å²) < 4.78 is 6.42. The highest BCUT2D eigenvalue weighted by molar-refractivity contribution is 6.05. The molecule has 3 N–H and O–H groups in total. The van der Waals surface area contributed by atoms with E-state index in [1.807, 2.05) is 26.0 Å². The van der Waals surface area contributed by atoms with Crippen molar-refractivity contribution in [1.82, 2.24) is 25.1 Å². The smallest absolute Gasteiger partial charge is 0.256 e. The molecular formula is C23H27N7O3. The molecule has 10 heteroatoms. The number of aryl methyl sites for hydroxylation is 1. The molecule has 10 nitrogen and oxygen atoms in total. The van der Waals surface area contributed by atoms with E-state index in [0.717, 1.165) is 17.7 Å². The SMILES string of the molecule is CCCNC(=O)c1cn2ncnc(NC3=CC(C(=O)Nc4ccon4)=CCC3(C)C)c2c1C. The summed E-state index contributed by atoms with van der Waals surface area (Å²) in [7, 11) is 0. The van der Waals surface area contributed by atoms with Crippen LogP contribution in [-0.4, -0.2) is 38.1 Å². The lowest BCUT2D eigenvalue weighted by atomic mass is 9.80. The number of hydrogen-bond acceptors (Lipinski definition) is 7. The monoisotopic (exact) mass is 449 g/mol. The van der Waals surface area contributed by atoms with Crippen LogP contribution in [0.5, 0.6) is 0 Å². The Kier molecular flexibility index (Phi) is 5.99. The normalized spacial score (nSPS) is 15.0. The number of allylic oxidation sites excluding steroid dienone is 2. The summed E-state index contributed by atoms with van der Waals surface area (Å²) in [4.78, 5) is 29.7. The molecule has 1 aliphatic carbocycles. The third kappa shape index (κ3) is 4.50. The molecule has 172 valence electrons. The summed E-state index contributed by atoms with van der Waals surface area (Å²) in [6, 6.07) is 1.58. The molecule has 0 aromatic carbocycles. The summed E-state index contributed by atoms with van der Waals surface area (Å²) >= 11 is 0. The van der Waals surface area contributed by atoms with Crippen molar-refractivity contribution < 1.29 is 14.1 Å². The number of carbonyl (C=O) groups excluding carboxylic acids is 2. The van der Waals surface area contributed by atoms with E-state index in [1.54, 1.807) is 16.8 Å². The Hall–Kier alpha value is -3.95. The van der Waals surface area contributed by atoms with Crippen LogP contribution in [-0.2, 0) is 4.79 Å². The molecule has 0 spiro atoms. The fraction of sp³-hybridized carbons (Fsp3) is 0.348. The fourth-order valence-electron chi connectivity index (χ4n) is 3.66. The average molecular weight is 450 g/mol. The maximum absolute atomic E-state index is 12.7. The molecule has 0 bridgehead atoms. The Morgan fingerprint density at radius 2 is 2.09 bits per heavy atom. The molecule has 0 radical (unpaired) electrons. The lowest BCUT2D eigenvalue weighted by molar-refractivity contribution is -0.112. The van der Waals surface area contributed by atoms with Crippen LogP contribution >= 0.6 is 0 Å². The summed E-state index contributed by atoms with van der Waals surface area (Å²) in [5, 5.41) is 17.0. The van der Waals surface area contributed by atoms with Gasteiger partial charge in [0.1, 0.15) is 18.1 Å². The van der Waals surface area contributed by atoms with Crippen molar-refractivity contribution >= 4 is 29.0 Å². The zero-order valence-electron chi connectivity index (χ0n) is 19.1. The lowest BCUT2D eigenvalue weighted by Gasteiger charge is -2.31. The first-order chi connectivity index (χ1) is 15.8. The number of nitrogens with one attached hydrogen (secondary N) is 3. The van der Waals surface area contributed by atoms with Gasteiger partial charge in [0.2, 0.25) is 0 Å². The van der Waals surface area contributed by atoms with Crippen molar-refractivity contribution in [3.8, 4) is 0 Å². The van der Waals surface area contributed by atoms with E-state index in [2.05, 4.69) is 45.0 Å². The first-order valence-electron chi connectivity index (χ1n) is 10.8. The number of carbonyl (C=O) groups is 2. The van der Waals surface area contributed by atoms with Crippen molar-refractivity contribution in [2.75, 3.05) is 17.2 Å². The van der Waals surface area contributed by atoms with Crippen molar-refractivity contribution in [2.24, 2.45) is 5.41 Å². The first kappa shape index (κ1) is 22.3. The number of fused-ring (bicyclic) bond motifs is 1. The Labute approximate surface area is 191 Å². The molecule has 3 aromatic rings. The van der Waals surface area contributed by atoms with E-state index >= 15 is 0 Å². The van der Waals surface area contributed by atoms with Crippen LogP contribution in [0.15, 0.2) is 52.8 Å². The zero-order valence-corrected chi connectivity index (χ0v) is 19.1. The molecule has 0 fully saturated rings. The average Bonchev–Trinajstić information content (AvgIpc) is 3.41. The van der Waals surface area contributed by atoms with Gasteiger partial charge in [-0.05, 0) is 31.4 Å². The predicted molar refractivity (Wildman–Crippen MR) is 124 cm³/mol. The number of anilines is 2. The second kappa shape index (κ2) is 8.89. The Morgan fingerprint density at radius 1 is 1.27 bits per heavy atom. The standard InChI is InChI=1S/C23H27N7O3/c1-5-9-24-22(32)16-12-30-19(14(16)2)20(25-13-26-30)27-17-11-15(6-8-23(17,3)4)21(31)28-18-7-10-33-29-18/h6-7,10-13H,5,8-9H2,1-4H3,(H,24,32)(H,25,26,27)(H,28,29,31). The summed E-state index contributed by atoms with van der Waals surface area (Å²) in [6.07, 6.45) is 9.76. The van der Waals surface area contributed by atoms with Gasteiger partial charge in [-0.15, -0.1) is 0 Å². The highest BCUT2D eigenvalue weighted by Crippen LogP contribution is 2.37. The summed E-state index contributed by atoms with van der Waals surface area (Å²) in [5.41, 5.74) is 3.11. The van der Waals surface area contributed by atoms with Crippen molar-refractivity contribution in [3.05, 3.63) is 59.4 Å². The molecule has 0 saturated heterocycles. The Bertz CT molecular complexity index is 1250. The molecule has 4 rings (SSSR count). The number of nitrogens with zero attached hydrogens (tertiary/aromatic N) is 4. The van der Waals surface area contributed by atoms with Gasteiger partial charge in [0.15, 0.2) is 11.6 Å². The molecule has 33 heavy (non-hydrogen) atoms. The van der Waals surface area contributed by atoms with E-state index < -0.39 is 0 Å². The maximum atomic E-state index is 12.7. The zero-order chi connectivity index (χ0) is 23.6. The topological polar surface area (TPSA) is 126 Å². The van der Waals surface area contributed by atoms with Crippen LogP contribution in [0, 0.1) is 12.3 Å². The van der Waals surface area contributed by atoms with E-state index in [0.29, 0.717) is 41.3 Å². The van der Waals surface area contributed by atoms with Gasteiger partial charge in [-0.25, -0.2) is 9.50 Å².